The maximum absolute atomic E-state index is 12.4. The third-order valence-corrected chi connectivity index (χ3v) is 4.93. The second-order valence-corrected chi connectivity index (χ2v) is 6.74. The van der Waals surface area contributed by atoms with Crippen LogP contribution in [0.3, 0.4) is 0 Å². The lowest BCUT2D eigenvalue weighted by Crippen LogP contribution is -2.30. The number of carbonyl (C=O) groups is 2. The van der Waals surface area contributed by atoms with Crippen molar-refractivity contribution in [2.24, 2.45) is 5.73 Å². The molecule has 0 atom stereocenters. The second kappa shape index (κ2) is 8.02. The number of hydrogen-bond acceptors (Lipinski definition) is 8. The molecule has 10 nitrogen and oxygen atoms in total. The van der Waals surface area contributed by atoms with Crippen molar-refractivity contribution in [3.63, 3.8) is 0 Å². The molecule has 1 amide bonds. The van der Waals surface area contributed by atoms with Gasteiger partial charge in [0.2, 0.25) is 0 Å². The van der Waals surface area contributed by atoms with Crippen LogP contribution in [0, 0.1) is 10.1 Å². The van der Waals surface area contributed by atoms with Gasteiger partial charge in [0.15, 0.2) is 0 Å². The molecular weight excluding hydrogens is 400 g/mol. The van der Waals surface area contributed by atoms with Gasteiger partial charge in [0.1, 0.15) is 10.6 Å². The fourth-order valence-electron chi connectivity index (χ4n) is 2.57. The zero-order valence-corrected chi connectivity index (χ0v) is 15.8. The lowest BCUT2D eigenvalue weighted by atomic mass is 10.1. The van der Waals surface area contributed by atoms with Crippen LogP contribution in [-0.4, -0.2) is 33.5 Å². The summed E-state index contributed by atoms with van der Waals surface area (Å²) in [7, 11) is 1.29. The number of carbonyl (C=O) groups excluding carboxylic acids is 2. The summed E-state index contributed by atoms with van der Waals surface area (Å²) >= 11 is 1.30. The number of methoxy groups -OCH3 is 1. The van der Waals surface area contributed by atoms with Crippen molar-refractivity contribution in [2.45, 2.75) is 6.54 Å². The summed E-state index contributed by atoms with van der Waals surface area (Å²) in [6, 6.07) is 7.48. The summed E-state index contributed by atoms with van der Waals surface area (Å²) in [5, 5.41) is 13.4. The van der Waals surface area contributed by atoms with Gasteiger partial charge in [-0.15, -0.1) is 11.3 Å². The Balaban J connectivity index is 1.90. The monoisotopic (exact) mass is 414 g/mol. The van der Waals surface area contributed by atoms with E-state index in [4.69, 9.17) is 5.73 Å². The first-order valence-electron chi connectivity index (χ1n) is 8.12. The van der Waals surface area contributed by atoms with Crippen LogP contribution in [0.1, 0.15) is 26.4 Å². The molecule has 0 aliphatic rings. The summed E-state index contributed by atoms with van der Waals surface area (Å²) in [4.78, 5) is 50.1. The Morgan fingerprint density at radius 2 is 2.00 bits per heavy atom. The van der Waals surface area contributed by atoms with Crippen LogP contribution in [0.4, 0.5) is 5.69 Å². The molecule has 2 N–H and O–H groups in total. The largest absolute Gasteiger partial charge is 0.465 e. The molecule has 3 aromatic rings. The molecule has 0 aliphatic heterocycles. The minimum Gasteiger partial charge on any atom is -0.465 e. The number of amides is 1. The van der Waals surface area contributed by atoms with E-state index < -0.39 is 33.6 Å². The zero-order valence-electron chi connectivity index (χ0n) is 15.0. The summed E-state index contributed by atoms with van der Waals surface area (Å²) in [6.45, 7) is -0.0719. The summed E-state index contributed by atoms with van der Waals surface area (Å²) in [5.41, 5.74) is 5.14. The quantitative estimate of drug-likeness (QED) is 0.367. The average Bonchev–Trinajstić information content (AvgIpc) is 3.17. The number of esters is 1. The van der Waals surface area contributed by atoms with Gasteiger partial charge in [0.05, 0.1) is 36.0 Å². The van der Waals surface area contributed by atoms with E-state index in [0.29, 0.717) is 16.3 Å². The van der Waals surface area contributed by atoms with Crippen LogP contribution in [0.25, 0.3) is 10.6 Å². The molecule has 0 saturated heterocycles. The molecular formula is C18H14N4O6S. The number of ether oxygens (including phenoxy) is 1. The van der Waals surface area contributed by atoms with Crippen LogP contribution < -0.4 is 11.3 Å². The Kier molecular flexibility index (Phi) is 5.50. The molecule has 3 rings (SSSR count). The number of primary amides is 1. The zero-order chi connectivity index (χ0) is 21.1. The lowest BCUT2D eigenvalue weighted by molar-refractivity contribution is -0.385. The van der Waals surface area contributed by atoms with Crippen LogP contribution in [0.5, 0.6) is 0 Å². The van der Waals surface area contributed by atoms with E-state index in [1.54, 1.807) is 29.6 Å². The first kappa shape index (κ1) is 19.9. The Hall–Kier alpha value is -3.86. The van der Waals surface area contributed by atoms with Gasteiger partial charge in [-0.25, -0.2) is 9.78 Å². The van der Waals surface area contributed by atoms with E-state index in [-0.39, 0.29) is 6.54 Å². The van der Waals surface area contributed by atoms with Gasteiger partial charge in [0, 0.05) is 17.0 Å². The summed E-state index contributed by atoms with van der Waals surface area (Å²) in [6.07, 6.45) is 1.04. The van der Waals surface area contributed by atoms with Gasteiger partial charge in [0.25, 0.3) is 17.2 Å². The van der Waals surface area contributed by atoms with E-state index >= 15 is 0 Å². The minimum absolute atomic E-state index is 0.0719. The Morgan fingerprint density at radius 3 is 2.59 bits per heavy atom. The third-order valence-electron chi connectivity index (χ3n) is 3.98. The van der Waals surface area contributed by atoms with Crippen molar-refractivity contribution < 1.29 is 19.2 Å². The van der Waals surface area contributed by atoms with Crippen LogP contribution in [-0.2, 0) is 11.3 Å². The molecule has 0 unspecified atom stereocenters. The number of nitrogens with zero attached hydrogens (tertiary/aromatic N) is 3. The van der Waals surface area contributed by atoms with Crippen molar-refractivity contribution in [3.8, 4) is 10.6 Å². The molecule has 0 spiro atoms. The smallest absolute Gasteiger partial charge is 0.337 e. The second-order valence-electron chi connectivity index (χ2n) is 5.88. The topological polar surface area (TPSA) is 147 Å². The van der Waals surface area contributed by atoms with Crippen molar-refractivity contribution in [1.82, 2.24) is 9.55 Å². The van der Waals surface area contributed by atoms with Crippen LogP contribution in [0.2, 0.25) is 0 Å². The highest BCUT2D eigenvalue weighted by molar-refractivity contribution is 7.13. The Bertz CT molecular complexity index is 1170. The average molecular weight is 414 g/mol. The van der Waals surface area contributed by atoms with E-state index in [9.17, 15) is 24.5 Å². The van der Waals surface area contributed by atoms with Crippen molar-refractivity contribution in [3.05, 3.63) is 79.2 Å². The van der Waals surface area contributed by atoms with E-state index in [2.05, 4.69) is 9.72 Å². The van der Waals surface area contributed by atoms with Gasteiger partial charge in [-0.05, 0) is 12.1 Å². The van der Waals surface area contributed by atoms with Crippen molar-refractivity contribution in [1.29, 1.82) is 0 Å². The maximum atomic E-state index is 12.4. The number of aromatic nitrogens is 2. The summed E-state index contributed by atoms with van der Waals surface area (Å²) in [5.74, 6) is -1.50. The first-order valence-corrected chi connectivity index (χ1v) is 9.00. The highest BCUT2D eigenvalue weighted by Gasteiger charge is 2.18. The number of thiazole rings is 1. The van der Waals surface area contributed by atoms with E-state index in [1.807, 2.05) is 0 Å². The first-order chi connectivity index (χ1) is 13.8. The standard InChI is InChI=1S/C18H14N4O6S/c1-28-18(25)11-4-2-10(3-5-11)16-20-12(9-29-16)7-21-8-13(22(26)27)6-14(15(19)23)17(21)24/h2-6,8-9H,7H2,1H3,(H2,19,23). The molecule has 0 aliphatic carbocycles. The molecule has 148 valence electrons. The molecule has 11 heteroatoms. The molecule has 0 saturated carbocycles. The number of nitro groups is 1. The third kappa shape index (κ3) is 4.19. The number of rotatable bonds is 6. The molecule has 0 radical (unpaired) electrons. The van der Waals surface area contributed by atoms with Gasteiger partial charge < -0.3 is 15.0 Å². The summed E-state index contributed by atoms with van der Waals surface area (Å²) < 4.78 is 5.68. The SMILES string of the molecule is COC(=O)c1ccc(-c2nc(Cn3cc([N+](=O)[O-])cc(C(N)=O)c3=O)cs2)cc1. The molecule has 2 aromatic heterocycles. The number of nitrogens with two attached hydrogens (primary N) is 1. The molecule has 29 heavy (non-hydrogen) atoms. The Labute approximate surface area is 167 Å². The van der Waals surface area contributed by atoms with E-state index in [0.717, 1.165) is 22.4 Å². The predicted octanol–water partition coefficient (Wildman–Crippen LogP) is 1.81. The molecule has 2 heterocycles. The fraction of sp³-hybridized carbons (Fsp3) is 0.111. The van der Waals surface area contributed by atoms with Crippen molar-refractivity contribution >= 4 is 28.9 Å². The Morgan fingerprint density at radius 1 is 1.31 bits per heavy atom. The highest BCUT2D eigenvalue weighted by atomic mass is 32.1. The van der Waals surface area contributed by atoms with Gasteiger partial charge in [-0.2, -0.15) is 0 Å². The number of hydrogen-bond donors (Lipinski definition) is 1. The normalized spacial score (nSPS) is 10.5. The van der Waals surface area contributed by atoms with E-state index in [1.165, 1.54) is 18.4 Å². The molecule has 1 aromatic carbocycles. The van der Waals surface area contributed by atoms with Gasteiger partial charge >= 0.3 is 5.97 Å². The van der Waals surface area contributed by atoms with Crippen LogP contribution in [0.15, 0.2) is 46.7 Å². The molecule has 0 bridgehead atoms. The molecule has 0 fully saturated rings. The maximum Gasteiger partial charge on any atom is 0.337 e. The predicted molar refractivity (Wildman–Crippen MR) is 104 cm³/mol. The number of benzene rings is 1. The fourth-order valence-corrected chi connectivity index (χ4v) is 3.38. The van der Waals surface area contributed by atoms with Gasteiger partial charge in [-0.3, -0.25) is 19.7 Å². The van der Waals surface area contributed by atoms with Crippen molar-refractivity contribution in [2.75, 3.05) is 7.11 Å². The minimum atomic E-state index is -1.04. The lowest BCUT2D eigenvalue weighted by Gasteiger charge is -2.05. The highest BCUT2D eigenvalue weighted by Crippen LogP contribution is 2.24. The van der Waals surface area contributed by atoms with Gasteiger partial charge in [-0.1, -0.05) is 12.1 Å². The number of pyridine rings is 1. The van der Waals surface area contributed by atoms with Crippen LogP contribution >= 0.6 is 11.3 Å².